The van der Waals surface area contributed by atoms with Gasteiger partial charge in [-0.25, -0.2) is 0 Å². The van der Waals surface area contributed by atoms with Gasteiger partial charge in [0.1, 0.15) is 11.5 Å². The number of ether oxygens (including phenoxy) is 5. The van der Waals surface area contributed by atoms with Gasteiger partial charge in [0, 0.05) is 0 Å². The standard InChI is InChI=1S/C36H26O5/c1-3-15-27(16-4-1)37-29-19-7-9-21-31(29)39-33-23-11-13-25-35(33)41-36-26-14-12-24-34(36)40-32-22-10-8-20-30(32)38-28-17-5-2-6-18-28/h1-26H. The van der Waals surface area contributed by atoms with Gasteiger partial charge in [0.15, 0.2) is 46.0 Å². The summed E-state index contributed by atoms with van der Waals surface area (Å²) in [6.07, 6.45) is 0. The van der Waals surface area contributed by atoms with Gasteiger partial charge >= 0.3 is 0 Å². The van der Waals surface area contributed by atoms with Crippen LogP contribution >= 0.6 is 0 Å². The predicted octanol–water partition coefficient (Wildman–Crippen LogP) is 10.6. The second-order valence-electron chi connectivity index (χ2n) is 8.92. The molecule has 6 rings (SSSR count). The Morgan fingerprint density at radius 3 is 0.634 bits per heavy atom. The molecule has 0 unspecified atom stereocenters. The van der Waals surface area contributed by atoms with Gasteiger partial charge in [-0.2, -0.15) is 0 Å². The van der Waals surface area contributed by atoms with E-state index in [1.54, 1.807) is 0 Å². The molecule has 6 aromatic carbocycles. The van der Waals surface area contributed by atoms with E-state index < -0.39 is 0 Å². The Bertz CT molecular complexity index is 1590. The van der Waals surface area contributed by atoms with Crippen molar-refractivity contribution in [2.45, 2.75) is 0 Å². The molecule has 0 atom stereocenters. The first-order chi connectivity index (χ1) is 20.3. The highest BCUT2D eigenvalue weighted by Gasteiger charge is 2.15. The summed E-state index contributed by atoms with van der Waals surface area (Å²) in [7, 11) is 0. The van der Waals surface area contributed by atoms with Crippen molar-refractivity contribution in [1.82, 2.24) is 0 Å². The number of benzene rings is 6. The van der Waals surface area contributed by atoms with Crippen molar-refractivity contribution in [3.8, 4) is 57.5 Å². The largest absolute Gasteiger partial charge is 0.453 e. The van der Waals surface area contributed by atoms with Crippen LogP contribution in [0.3, 0.4) is 0 Å². The highest BCUT2D eigenvalue weighted by Crippen LogP contribution is 2.43. The Hall–Kier alpha value is -5.68. The van der Waals surface area contributed by atoms with Crippen LogP contribution in [0.5, 0.6) is 57.5 Å². The Kier molecular flexibility index (Phi) is 7.77. The molecule has 0 aliphatic heterocycles. The van der Waals surface area contributed by atoms with Gasteiger partial charge in [-0.1, -0.05) is 84.9 Å². The Balaban J connectivity index is 1.25. The summed E-state index contributed by atoms with van der Waals surface area (Å²) >= 11 is 0. The van der Waals surface area contributed by atoms with Gasteiger partial charge in [-0.05, 0) is 72.8 Å². The van der Waals surface area contributed by atoms with E-state index in [1.165, 1.54) is 0 Å². The maximum atomic E-state index is 6.37. The van der Waals surface area contributed by atoms with Crippen LogP contribution in [0, 0.1) is 0 Å². The zero-order valence-corrected chi connectivity index (χ0v) is 22.1. The predicted molar refractivity (Wildman–Crippen MR) is 159 cm³/mol. The van der Waals surface area contributed by atoms with E-state index in [2.05, 4.69) is 0 Å². The third kappa shape index (κ3) is 6.49. The highest BCUT2D eigenvalue weighted by atomic mass is 16.6. The van der Waals surface area contributed by atoms with Gasteiger partial charge in [-0.3, -0.25) is 0 Å². The molecule has 0 saturated carbocycles. The summed E-state index contributed by atoms with van der Waals surface area (Å²) in [5.41, 5.74) is 0. The molecule has 0 bridgehead atoms. The average molecular weight is 539 g/mol. The molecule has 0 radical (unpaired) electrons. The summed E-state index contributed by atoms with van der Waals surface area (Å²) in [5.74, 6) is 5.83. The molecule has 0 saturated heterocycles. The monoisotopic (exact) mass is 538 g/mol. The van der Waals surface area contributed by atoms with Crippen LogP contribution in [0.15, 0.2) is 158 Å². The van der Waals surface area contributed by atoms with E-state index in [0.29, 0.717) is 46.0 Å². The second kappa shape index (κ2) is 12.5. The third-order valence-corrected chi connectivity index (χ3v) is 6.00. The van der Waals surface area contributed by atoms with Crippen molar-refractivity contribution in [3.63, 3.8) is 0 Å². The fraction of sp³-hybridized carbons (Fsp3) is 0. The van der Waals surface area contributed by atoms with Crippen LogP contribution in [0.4, 0.5) is 0 Å². The van der Waals surface area contributed by atoms with Crippen LogP contribution in [0.2, 0.25) is 0 Å². The molecule has 0 N–H and O–H groups in total. The van der Waals surface area contributed by atoms with E-state index in [1.807, 2.05) is 158 Å². The average Bonchev–Trinajstić information content (AvgIpc) is 3.02. The zero-order chi connectivity index (χ0) is 27.7. The SMILES string of the molecule is c1ccc(Oc2ccccc2Oc2ccccc2Oc2ccccc2Oc2ccccc2Oc2ccccc2)cc1. The zero-order valence-electron chi connectivity index (χ0n) is 22.1. The van der Waals surface area contributed by atoms with E-state index in [-0.39, 0.29) is 0 Å². The number of rotatable bonds is 10. The van der Waals surface area contributed by atoms with Crippen LogP contribution in [0.1, 0.15) is 0 Å². The Morgan fingerprint density at radius 1 is 0.195 bits per heavy atom. The normalized spacial score (nSPS) is 10.4. The molecule has 0 heterocycles. The van der Waals surface area contributed by atoms with Crippen molar-refractivity contribution in [3.05, 3.63) is 158 Å². The lowest BCUT2D eigenvalue weighted by atomic mass is 10.2. The van der Waals surface area contributed by atoms with Crippen LogP contribution in [0.25, 0.3) is 0 Å². The van der Waals surface area contributed by atoms with Gasteiger partial charge in [-0.15, -0.1) is 0 Å². The molecule has 0 spiro atoms. The number of para-hydroxylation sites is 10. The van der Waals surface area contributed by atoms with Gasteiger partial charge in [0.25, 0.3) is 0 Å². The van der Waals surface area contributed by atoms with E-state index in [4.69, 9.17) is 23.7 Å². The van der Waals surface area contributed by atoms with Crippen molar-refractivity contribution < 1.29 is 23.7 Å². The lowest BCUT2D eigenvalue weighted by molar-refractivity contribution is 0.375. The minimum Gasteiger partial charge on any atom is -0.453 e. The first kappa shape index (κ1) is 25.6. The summed E-state index contributed by atoms with van der Waals surface area (Å²) in [4.78, 5) is 0. The maximum Gasteiger partial charge on any atom is 0.170 e. The van der Waals surface area contributed by atoms with E-state index in [0.717, 1.165) is 11.5 Å². The third-order valence-electron chi connectivity index (χ3n) is 6.00. The van der Waals surface area contributed by atoms with E-state index >= 15 is 0 Å². The molecule has 200 valence electrons. The molecular weight excluding hydrogens is 512 g/mol. The van der Waals surface area contributed by atoms with Gasteiger partial charge in [0.05, 0.1) is 0 Å². The smallest absolute Gasteiger partial charge is 0.170 e. The minimum atomic E-state index is 0.520. The van der Waals surface area contributed by atoms with Crippen molar-refractivity contribution in [2.75, 3.05) is 0 Å². The fourth-order valence-electron chi connectivity index (χ4n) is 4.06. The fourth-order valence-corrected chi connectivity index (χ4v) is 4.06. The Morgan fingerprint density at radius 2 is 0.390 bits per heavy atom. The number of hydrogen-bond donors (Lipinski definition) is 0. The summed E-state index contributed by atoms with van der Waals surface area (Å²) in [6.45, 7) is 0. The highest BCUT2D eigenvalue weighted by molar-refractivity contribution is 5.53. The lowest BCUT2D eigenvalue weighted by Gasteiger charge is -2.17. The van der Waals surface area contributed by atoms with Crippen LogP contribution < -0.4 is 23.7 Å². The minimum absolute atomic E-state index is 0.520. The van der Waals surface area contributed by atoms with E-state index in [9.17, 15) is 0 Å². The number of hydrogen-bond acceptors (Lipinski definition) is 5. The second-order valence-corrected chi connectivity index (χ2v) is 8.92. The van der Waals surface area contributed by atoms with Crippen molar-refractivity contribution >= 4 is 0 Å². The summed E-state index contributed by atoms with van der Waals surface area (Å²) in [5, 5.41) is 0. The summed E-state index contributed by atoms with van der Waals surface area (Å²) in [6, 6.07) is 49.2. The molecule has 0 fully saturated rings. The van der Waals surface area contributed by atoms with Gasteiger partial charge in [0.2, 0.25) is 0 Å². The topological polar surface area (TPSA) is 46.2 Å². The first-order valence-corrected chi connectivity index (χ1v) is 13.2. The molecule has 0 aromatic heterocycles. The molecule has 0 amide bonds. The first-order valence-electron chi connectivity index (χ1n) is 13.2. The Labute approximate surface area is 238 Å². The molecule has 5 heteroatoms. The van der Waals surface area contributed by atoms with Crippen LogP contribution in [-0.4, -0.2) is 0 Å². The van der Waals surface area contributed by atoms with Crippen molar-refractivity contribution in [1.29, 1.82) is 0 Å². The summed E-state index contributed by atoms with van der Waals surface area (Å²) < 4.78 is 31.2. The quantitative estimate of drug-likeness (QED) is 0.174. The molecule has 41 heavy (non-hydrogen) atoms. The molecule has 0 aliphatic carbocycles. The molecule has 5 nitrogen and oxygen atoms in total. The van der Waals surface area contributed by atoms with Gasteiger partial charge < -0.3 is 23.7 Å². The molecule has 6 aromatic rings. The molecular formula is C36H26O5. The van der Waals surface area contributed by atoms with Crippen molar-refractivity contribution in [2.24, 2.45) is 0 Å². The lowest BCUT2D eigenvalue weighted by Crippen LogP contribution is -1.95. The van der Waals surface area contributed by atoms with Crippen LogP contribution in [-0.2, 0) is 0 Å². The maximum absolute atomic E-state index is 6.37. The molecule has 0 aliphatic rings.